The van der Waals surface area contributed by atoms with Gasteiger partial charge in [-0.05, 0) is 31.2 Å². The monoisotopic (exact) mass is 498 g/mol. The molecule has 156 valence electrons. The topological polar surface area (TPSA) is 56.7 Å². The predicted molar refractivity (Wildman–Crippen MR) is 126 cm³/mol. The van der Waals surface area contributed by atoms with Crippen LogP contribution in [0, 0.1) is 5.92 Å². The highest BCUT2D eigenvalue weighted by Gasteiger charge is 2.32. The van der Waals surface area contributed by atoms with Crippen LogP contribution in [0.15, 0.2) is 35.3 Å². The van der Waals surface area contributed by atoms with Gasteiger partial charge in [0.2, 0.25) is 5.91 Å². The van der Waals surface area contributed by atoms with Gasteiger partial charge >= 0.3 is 0 Å². The molecule has 2 atom stereocenters. The van der Waals surface area contributed by atoms with Crippen molar-refractivity contribution in [2.24, 2.45) is 10.9 Å². The molecule has 0 aromatic heterocycles. The first-order valence-corrected chi connectivity index (χ1v) is 10.5. The number of hydrogen-bond acceptors (Lipinski definition) is 2. The predicted octanol–water partition coefficient (Wildman–Crippen LogP) is 3.75. The van der Waals surface area contributed by atoms with E-state index in [1.165, 1.54) is 18.4 Å². The summed E-state index contributed by atoms with van der Waals surface area (Å²) >= 11 is 0. The molecule has 1 saturated carbocycles. The van der Waals surface area contributed by atoms with Crippen molar-refractivity contribution in [2.75, 3.05) is 26.7 Å². The number of benzene rings is 1. The third-order valence-electron chi connectivity index (χ3n) is 6.05. The van der Waals surface area contributed by atoms with E-state index in [0.29, 0.717) is 17.9 Å². The Morgan fingerprint density at radius 2 is 1.93 bits per heavy atom. The van der Waals surface area contributed by atoms with Gasteiger partial charge in [0.05, 0.1) is 0 Å². The van der Waals surface area contributed by atoms with Crippen molar-refractivity contribution in [3.8, 4) is 0 Å². The molecular formula is C22H35IN4O. The van der Waals surface area contributed by atoms with Gasteiger partial charge in [0.1, 0.15) is 0 Å². The van der Waals surface area contributed by atoms with Crippen molar-refractivity contribution < 1.29 is 4.79 Å². The van der Waals surface area contributed by atoms with Crippen molar-refractivity contribution in [1.82, 2.24) is 15.5 Å². The van der Waals surface area contributed by atoms with E-state index in [9.17, 15) is 4.79 Å². The van der Waals surface area contributed by atoms with Gasteiger partial charge < -0.3 is 15.5 Å². The summed E-state index contributed by atoms with van der Waals surface area (Å²) in [6.07, 6.45) is 6.66. The Bertz CT molecular complexity index is 631. The molecule has 1 aromatic carbocycles. The normalized spacial score (nSPS) is 21.3. The second-order valence-corrected chi connectivity index (χ2v) is 7.86. The molecule has 1 aromatic rings. The first kappa shape index (κ1) is 23.0. The van der Waals surface area contributed by atoms with Crippen LogP contribution < -0.4 is 10.6 Å². The maximum atomic E-state index is 12.6. The fourth-order valence-electron chi connectivity index (χ4n) is 4.34. The lowest BCUT2D eigenvalue weighted by Crippen LogP contribution is -2.46. The van der Waals surface area contributed by atoms with Gasteiger partial charge in [0.15, 0.2) is 5.96 Å². The number of hydrogen-bond donors (Lipinski definition) is 2. The van der Waals surface area contributed by atoms with Gasteiger partial charge in [-0.25, -0.2) is 0 Å². The van der Waals surface area contributed by atoms with Crippen molar-refractivity contribution in [1.29, 1.82) is 0 Å². The molecule has 5 nitrogen and oxygen atoms in total. The van der Waals surface area contributed by atoms with Crippen molar-refractivity contribution in [2.45, 2.75) is 57.4 Å². The number of likely N-dealkylation sites (tertiary alicyclic amines) is 1. The van der Waals surface area contributed by atoms with E-state index in [4.69, 9.17) is 0 Å². The van der Waals surface area contributed by atoms with E-state index >= 15 is 0 Å². The zero-order chi connectivity index (χ0) is 19.1. The summed E-state index contributed by atoms with van der Waals surface area (Å²) in [5, 5.41) is 7.00. The van der Waals surface area contributed by atoms with Crippen LogP contribution in [0.4, 0.5) is 0 Å². The molecule has 1 aliphatic heterocycles. The molecule has 1 aliphatic carbocycles. The number of guanidine groups is 1. The molecule has 28 heavy (non-hydrogen) atoms. The summed E-state index contributed by atoms with van der Waals surface area (Å²) in [7, 11) is 1.81. The number of halogens is 1. The first-order chi connectivity index (χ1) is 13.2. The van der Waals surface area contributed by atoms with Crippen molar-refractivity contribution in [3.05, 3.63) is 35.9 Å². The Kier molecular flexibility index (Phi) is 9.55. The molecule has 2 N–H and O–H groups in total. The average Bonchev–Trinajstić information content (AvgIpc) is 3.40. The summed E-state index contributed by atoms with van der Waals surface area (Å²) in [5.74, 6) is 1.95. The lowest BCUT2D eigenvalue weighted by atomic mass is 9.97. The van der Waals surface area contributed by atoms with Crippen LogP contribution in [0.5, 0.6) is 0 Å². The lowest BCUT2D eigenvalue weighted by Gasteiger charge is -2.22. The fourth-order valence-corrected chi connectivity index (χ4v) is 4.34. The third-order valence-corrected chi connectivity index (χ3v) is 6.05. The Hall–Kier alpha value is -1.31. The van der Waals surface area contributed by atoms with Crippen LogP contribution in [-0.4, -0.2) is 49.5 Å². The minimum absolute atomic E-state index is 0. The van der Waals surface area contributed by atoms with Crippen LogP contribution in [0.1, 0.15) is 56.9 Å². The maximum absolute atomic E-state index is 12.6. The molecule has 6 heteroatoms. The Morgan fingerprint density at radius 1 is 1.21 bits per heavy atom. The summed E-state index contributed by atoms with van der Waals surface area (Å²) in [4.78, 5) is 19.1. The Morgan fingerprint density at radius 3 is 2.57 bits per heavy atom. The molecule has 1 amide bonds. The first-order valence-electron chi connectivity index (χ1n) is 10.5. The molecule has 1 heterocycles. The minimum Gasteiger partial charge on any atom is -0.356 e. The number of nitrogens with zero attached hydrogens (tertiary/aromatic N) is 2. The van der Waals surface area contributed by atoms with E-state index in [1.807, 2.05) is 7.05 Å². The molecule has 0 bridgehead atoms. The molecule has 0 radical (unpaired) electrons. The molecule has 2 aliphatic rings. The lowest BCUT2D eigenvalue weighted by molar-refractivity contribution is -0.134. The number of rotatable bonds is 6. The summed E-state index contributed by atoms with van der Waals surface area (Å²) in [6, 6.07) is 10.9. The van der Waals surface area contributed by atoms with E-state index in [1.54, 1.807) is 0 Å². The van der Waals surface area contributed by atoms with Crippen molar-refractivity contribution in [3.63, 3.8) is 0 Å². The van der Waals surface area contributed by atoms with Crippen LogP contribution >= 0.6 is 24.0 Å². The number of carbonyl (C=O) groups is 1. The fraction of sp³-hybridized carbons (Fsp3) is 0.636. The number of amides is 1. The number of aliphatic imine (C=N–C) groups is 1. The molecule has 2 fully saturated rings. The van der Waals surface area contributed by atoms with Gasteiger partial charge in [-0.3, -0.25) is 9.79 Å². The summed E-state index contributed by atoms with van der Waals surface area (Å²) in [5.41, 5.74) is 1.36. The van der Waals surface area contributed by atoms with Gasteiger partial charge in [-0.15, -0.1) is 24.0 Å². The van der Waals surface area contributed by atoms with Gasteiger partial charge in [-0.2, -0.15) is 0 Å². The number of nitrogens with one attached hydrogen (secondary N) is 2. The second-order valence-electron chi connectivity index (χ2n) is 7.86. The van der Waals surface area contributed by atoms with Crippen LogP contribution in [-0.2, 0) is 4.79 Å². The smallest absolute Gasteiger partial charge is 0.225 e. The van der Waals surface area contributed by atoms with E-state index in [2.05, 4.69) is 57.8 Å². The zero-order valence-electron chi connectivity index (χ0n) is 17.2. The molecule has 2 unspecified atom stereocenters. The van der Waals surface area contributed by atoms with Crippen LogP contribution in [0.25, 0.3) is 0 Å². The second kappa shape index (κ2) is 11.6. The summed E-state index contributed by atoms with van der Waals surface area (Å²) < 4.78 is 0. The largest absolute Gasteiger partial charge is 0.356 e. The average molecular weight is 498 g/mol. The quantitative estimate of drug-likeness (QED) is 0.357. The van der Waals surface area contributed by atoms with Crippen LogP contribution in [0.2, 0.25) is 0 Å². The molecule has 0 spiro atoms. The number of carbonyl (C=O) groups excluding carboxylic acids is 1. The Balaban J connectivity index is 0.00000280. The Labute approximate surface area is 186 Å². The highest BCUT2D eigenvalue weighted by atomic mass is 127. The van der Waals surface area contributed by atoms with E-state index in [-0.39, 0.29) is 29.9 Å². The molecule has 1 saturated heterocycles. The standard InChI is InChI=1S/C22H34N4O.HI/c1-3-17(18-9-5-4-6-10-18)15-24-22(23-2)25-20-13-14-26(16-20)21(27)19-11-7-8-12-19;/h4-6,9-10,17,19-20H,3,7-8,11-16H2,1-2H3,(H2,23,24,25);1H. The SMILES string of the molecule is CCC(CNC(=NC)NC1CCN(C(=O)C2CCCC2)C1)c1ccccc1.I. The third kappa shape index (κ3) is 6.09. The van der Waals surface area contributed by atoms with Gasteiger partial charge in [-0.1, -0.05) is 50.1 Å². The molecular weight excluding hydrogens is 463 g/mol. The highest BCUT2D eigenvalue weighted by Crippen LogP contribution is 2.27. The summed E-state index contributed by atoms with van der Waals surface area (Å²) in [6.45, 7) is 4.74. The minimum atomic E-state index is 0. The van der Waals surface area contributed by atoms with E-state index in [0.717, 1.165) is 51.3 Å². The van der Waals surface area contributed by atoms with Crippen LogP contribution in [0.3, 0.4) is 0 Å². The zero-order valence-corrected chi connectivity index (χ0v) is 19.5. The van der Waals surface area contributed by atoms with Gasteiger partial charge in [0.25, 0.3) is 0 Å². The van der Waals surface area contributed by atoms with E-state index < -0.39 is 0 Å². The van der Waals surface area contributed by atoms with Gasteiger partial charge in [0, 0.05) is 44.6 Å². The molecule has 3 rings (SSSR count). The maximum Gasteiger partial charge on any atom is 0.225 e. The van der Waals surface area contributed by atoms with Crippen molar-refractivity contribution >= 4 is 35.8 Å². The highest BCUT2D eigenvalue weighted by molar-refractivity contribution is 14.0.